The third-order valence-electron chi connectivity index (χ3n) is 2.29. The van der Waals surface area contributed by atoms with Crippen LogP contribution in [0.3, 0.4) is 0 Å². The van der Waals surface area contributed by atoms with Gasteiger partial charge in [-0.1, -0.05) is 26.7 Å². The van der Waals surface area contributed by atoms with Crippen LogP contribution in [-0.2, 0) is 0 Å². The molecule has 0 atom stereocenters. The van der Waals surface area contributed by atoms with Gasteiger partial charge < -0.3 is 5.32 Å². The molecule has 0 aliphatic rings. The van der Waals surface area contributed by atoms with Crippen molar-refractivity contribution in [3.8, 4) is 0 Å². The fraction of sp³-hybridized carbons (Fsp3) is 0.727. The molecule has 1 heterocycles. The van der Waals surface area contributed by atoms with Gasteiger partial charge in [0.05, 0.1) is 0 Å². The lowest BCUT2D eigenvalue weighted by atomic mass is 10.1. The molecular formula is C11H20N4O. The largest absolute Gasteiger partial charge is 0.349 e. The Morgan fingerprint density at radius 2 is 2.19 bits per heavy atom. The van der Waals surface area contributed by atoms with Crippen molar-refractivity contribution < 1.29 is 4.79 Å². The van der Waals surface area contributed by atoms with Crippen LogP contribution in [-0.4, -0.2) is 27.6 Å². The van der Waals surface area contributed by atoms with Crippen LogP contribution < -0.4 is 5.32 Å². The van der Waals surface area contributed by atoms with E-state index in [-0.39, 0.29) is 11.7 Å². The Labute approximate surface area is 96.0 Å². The quantitative estimate of drug-likeness (QED) is 0.722. The fourth-order valence-electron chi connectivity index (χ4n) is 1.40. The van der Waals surface area contributed by atoms with Crippen LogP contribution in [0.1, 0.15) is 49.6 Å². The van der Waals surface area contributed by atoms with Crippen molar-refractivity contribution in [1.29, 1.82) is 0 Å². The van der Waals surface area contributed by atoms with Gasteiger partial charge in [-0.2, -0.15) is 0 Å². The zero-order chi connectivity index (χ0) is 12.0. The molecule has 0 fully saturated rings. The van der Waals surface area contributed by atoms with E-state index in [9.17, 15) is 4.79 Å². The molecule has 0 bridgehead atoms. The van der Waals surface area contributed by atoms with Gasteiger partial charge in [-0.3, -0.25) is 9.89 Å². The molecule has 1 rings (SSSR count). The van der Waals surface area contributed by atoms with Gasteiger partial charge in [0.15, 0.2) is 0 Å². The van der Waals surface area contributed by atoms with Gasteiger partial charge in [0.1, 0.15) is 5.82 Å². The number of hydrogen-bond donors (Lipinski definition) is 2. The predicted octanol–water partition coefficient (Wildman–Crippen LogP) is 1.67. The molecular weight excluding hydrogens is 204 g/mol. The van der Waals surface area contributed by atoms with Crippen molar-refractivity contribution in [3.05, 3.63) is 11.6 Å². The van der Waals surface area contributed by atoms with Gasteiger partial charge in [-0.05, 0) is 19.3 Å². The summed E-state index contributed by atoms with van der Waals surface area (Å²) >= 11 is 0. The van der Waals surface area contributed by atoms with Crippen LogP contribution in [0.4, 0.5) is 0 Å². The molecule has 0 radical (unpaired) electrons. The fourth-order valence-corrected chi connectivity index (χ4v) is 1.40. The average Bonchev–Trinajstić information content (AvgIpc) is 2.63. The predicted molar refractivity (Wildman–Crippen MR) is 62.1 cm³/mol. The summed E-state index contributed by atoms with van der Waals surface area (Å²) < 4.78 is 0. The first-order valence-corrected chi connectivity index (χ1v) is 5.77. The first kappa shape index (κ1) is 12.7. The first-order chi connectivity index (χ1) is 7.59. The second-order valence-electron chi connectivity index (χ2n) is 4.39. The molecule has 90 valence electrons. The Hall–Kier alpha value is -1.39. The van der Waals surface area contributed by atoms with E-state index >= 15 is 0 Å². The maximum absolute atomic E-state index is 11.5. The molecule has 0 spiro atoms. The number of aromatic amines is 1. The normalized spacial score (nSPS) is 10.8. The van der Waals surface area contributed by atoms with Crippen LogP contribution in [0.5, 0.6) is 0 Å². The monoisotopic (exact) mass is 224 g/mol. The third-order valence-corrected chi connectivity index (χ3v) is 2.29. The molecule has 1 aromatic rings. The summed E-state index contributed by atoms with van der Waals surface area (Å²) in [5.41, 5.74) is 0. The smallest absolute Gasteiger partial charge is 0.290 e. The summed E-state index contributed by atoms with van der Waals surface area (Å²) in [7, 11) is 0. The minimum Gasteiger partial charge on any atom is -0.349 e. The van der Waals surface area contributed by atoms with Gasteiger partial charge >= 0.3 is 0 Å². The van der Waals surface area contributed by atoms with Gasteiger partial charge in [0.2, 0.25) is 5.82 Å². The maximum Gasteiger partial charge on any atom is 0.290 e. The Kier molecular flexibility index (Phi) is 4.95. The summed E-state index contributed by atoms with van der Waals surface area (Å²) in [5, 5.41) is 9.24. The summed E-state index contributed by atoms with van der Waals surface area (Å²) in [5.74, 6) is 1.41. The van der Waals surface area contributed by atoms with Crippen molar-refractivity contribution in [2.75, 3.05) is 6.54 Å². The van der Waals surface area contributed by atoms with E-state index in [0.29, 0.717) is 12.4 Å². The van der Waals surface area contributed by atoms with E-state index < -0.39 is 0 Å². The van der Waals surface area contributed by atoms with E-state index in [0.717, 1.165) is 18.8 Å². The Morgan fingerprint density at radius 3 is 2.75 bits per heavy atom. The van der Waals surface area contributed by atoms with E-state index in [1.165, 1.54) is 6.42 Å². The minimum atomic E-state index is -0.200. The molecule has 0 aliphatic carbocycles. The van der Waals surface area contributed by atoms with Crippen molar-refractivity contribution in [3.63, 3.8) is 0 Å². The zero-order valence-corrected chi connectivity index (χ0v) is 10.2. The number of aryl methyl sites for hydroxylation is 1. The first-order valence-electron chi connectivity index (χ1n) is 5.77. The molecule has 0 aromatic carbocycles. The van der Waals surface area contributed by atoms with Crippen molar-refractivity contribution in [1.82, 2.24) is 20.5 Å². The lowest BCUT2D eigenvalue weighted by Crippen LogP contribution is -2.25. The van der Waals surface area contributed by atoms with E-state index in [1.807, 2.05) is 0 Å². The highest BCUT2D eigenvalue weighted by Crippen LogP contribution is 2.05. The molecule has 0 aliphatic heterocycles. The highest BCUT2D eigenvalue weighted by molar-refractivity contribution is 5.90. The number of carbonyl (C=O) groups is 1. The molecule has 16 heavy (non-hydrogen) atoms. The van der Waals surface area contributed by atoms with E-state index in [4.69, 9.17) is 0 Å². The molecule has 2 N–H and O–H groups in total. The minimum absolute atomic E-state index is 0.200. The number of carbonyl (C=O) groups excluding carboxylic acids is 1. The second-order valence-corrected chi connectivity index (χ2v) is 4.39. The number of amides is 1. The molecule has 1 aromatic heterocycles. The highest BCUT2D eigenvalue weighted by Gasteiger charge is 2.09. The summed E-state index contributed by atoms with van der Waals surface area (Å²) in [6.45, 7) is 6.87. The number of rotatable bonds is 6. The topological polar surface area (TPSA) is 70.7 Å². The molecule has 0 saturated carbocycles. The molecule has 0 unspecified atom stereocenters. The van der Waals surface area contributed by atoms with Gasteiger partial charge in [-0.15, -0.1) is 5.10 Å². The second kappa shape index (κ2) is 6.25. The number of unbranched alkanes of at least 4 members (excludes halogenated alkanes) is 1. The molecule has 1 amide bonds. The average molecular weight is 224 g/mol. The molecule has 5 nitrogen and oxygen atoms in total. The highest BCUT2D eigenvalue weighted by atomic mass is 16.2. The number of nitrogens with one attached hydrogen (secondary N) is 2. The van der Waals surface area contributed by atoms with Crippen molar-refractivity contribution in [2.45, 2.75) is 40.0 Å². The molecule has 0 saturated heterocycles. The number of nitrogens with zero attached hydrogens (tertiary/aromatic N) is 2. The van der Waals surface area contributed by atoms with Crippen LogP contribution in [0.2, 0.25) is 0 Å². The van der Waals surface area contributed by atoms with Gasteiger partial charge in [-0.25, -0.2) is 4.98 Å². The Bertz CT molecular complexity index is 332. The lowest BCUT2D eigenvalue weighted by Gasteiger charge is -2.04. The SMILES string of the molecule is Cc1nc(C(=O)NCCCCC(C)C)n[nH]1. The van der Waals surface area contributed by atoms with Gasteiger partial charge in [0.25, 0.3) is 5.91 Å². The summed E-state index contributed by atoms with van der Waals surface area (Å²) in [6, 6.07) is 0. The van der Waals surface area contributed by atoms with Crippen LogP contribution in [0, 0.1) is 12.8 Å². The molecule has 5 heteroatoms. The van der Waals surface area contributed by atoms with E-state index in [1.54, 1.807) is 6.92 Å². The van der Waals surface area contributed by atoms with Gasteiger partial charge in [0, 0.05) is 6.54 Å². The summed E-state index contributed by atoms with van der Waals surface area (Å²) in [4.78, 5) is 15.5. The van der Waals surface area contributed by atoms with E-state index in [2.05, 4.69) is 34.3 Å². The number of hydrogen-bond acceptors (Lipinski definition) is 3. The number of aromatic nitrogens is 3. The number of H-pyrrole nitrogens is 1. The zero-order valence-electron chi connectivity index (χ0n) is 10.2. The Morgan fingerprint density at radius 1 is 1.44 bits per heavy atom. The standard InChI is InChI=1S/C11H20N4O/c1-8(2)6-4-5-7-12-11(16)10-13-9(3)14-15-10/h8H,4-7H2,1-3H3,(H,12,16)(H,13,14,15). The van der Waals surface area contributed by atoms with Crippen LogP contribution in [0.25, 0.3) is 0 Å². The van der Waals surface area contributed by atoms with Crippen molar-refractivity contribution >= 4 is 5.91 Å². The maximum atomic E-state index is 11.5. The summed E-state index contributed by atoms with van der Waals surface area (Å²) in [6.07, 6.45) is 3.36. The van der Waals surface area contributed by atoms with Crippen LogP contribution >= 0.6 is 0 Å². The Balaban J connectivity index is 2.16. The lowest BCUT2D eigenvalue weighted by molar-refractivity contribution is 0.0943. The van der Waals surface area contributed by atoms with Crippen molar-refractivity contribution in [2.24, 2.45) is 5.92 Å². The van der Waals surface area contributed by atoms with Crippen LogP contribution in [0.15, 0.2) is 0 Å². The third kappa shape index (κ3) is 4.42.